The second-order valence-corrected chi connectivity index (χ2v) is 9.62. The molecule has 4 aromatic rings. The molecular formula is C30H28N4O2. The summed E-state index contributed by atoms with van der Waals surface area (Å²) < 4.78 is 6.03. The molecule has 0 radical (unpaired) electrons. The third-order valence-electron chi connectivity index (χ3n) is 7.15. The minimum absolute atomic E-state index is 0.0917. The summed E-state index contributed by atoms with van der Waals surface area (Å²) in [5.74, 6) is 2.61. The maximum atomic E-state index is 13.5. The lowest BCUT2D eigenvalue weighted by Gasteiger charge is -2.30. The summed E-state index contributed by atoms with van der Waals surface area (Å²) in [7, 11) is 0. The Balaban J connectivity index is 1.18. The molecule has 1 N–H and O–H groups in total. The van der Waals surface area contributed by atoms with Crippen LogP contribution in [-0.2, 0) is 4.79 Å². The van der Waals surface area contributed by atoms with E-state index in [4.69, 9.17) is 4.74 Å². The Morgan fingerprint density at radius 3 is 2.08 bits per heavy atom. The molecule has 0 aliphatic carbocycles. The molecule has 1 saturated heterocycles. The van der Waals surface area contributed by atoms with Crippen molar-refractivity contribution in [3.05, 3.63) is 96.1 Å². The average molecular weight is 477 g/mol. The molecule has 1 amide bonds. The Morgan fingerprint density at radius 1 is 0.833 bits per heavy atom. The number of piperidine rings is 1. The van der Waals surface area contributed by atoms with E-state index >= 15 is 0 Å². The third-order valence-corrected chi connectivity index (χ3v) is 7.15. The fourth-order valence-corrected chi connectivity index (χ4v) is 5.02. The lowest BCUT2D eigenvalue weighted by Crippen LogP contribution is -2.33. The van der Waals surface area contributed by atoms with Gasteiger partial charge in [0.2, 0.25) is 5.91 Å². The van der Waals surface area contributed by atoms with Crippen LogP contribution in [0.2, 0.25) is 0 Å². The number of anilines is 2. The number of hydrogen-bond donors (Lipinski definition) is 1. The molecule has 1 aromatic heterocycles. The molecule has 2 aliphatic rings. The van der Waals surface area contributed by atoms with Crippen molar-refractivity contribution in [2.45, 2.75) is 25.7 Å². The van der Waals surface area contributed by atoms with E-state index in [0.717, 1.165) is 52.9 Å². The number of rotatable bonds is 4. The highest BCUT2D eigenvalue weighted by atomic mass is 16.5. The van der Waals surface area contributed by atoms with Crippen molar-refractivity contribution in [2.75, 3.05) is 23.3 Å². The van der Waals surface area contributed by atoms with Crippen LogP contribution < -0.4 is 15.0 Å². The Bertz CT molecular complexity index is 1330. The molecule has 0 bridgehead atoms. The van der Waals surface area contributed by atoms with Gasteiger partial charge >= 0.3 is 0 Å². The van der Waals surface area contributed by atoms with Gasteiger partial charge in [-0.15, -0.1) is 10.2 Å². The van der Waals surface area contributed by atoms with E-state index in [2.05, 4.69) is 27.3 Å². The first-order chi connectivity index (χ1) is 17.7. The Kier molecular flexibility index (Phi) is 5.85. The van der Waals surface area contributed by atoms with Crippen molar-refractivity contribution in [1.82, 2.24) is 10.2 Å². The fourth-order valence-electron chi connectivity index (χ4n) is 5.02. The standard InChI is InChI=1S/C30H28N4O2/c1-20-16-18-34(19-17-20)28-15-14-25(32-33-28)21-10-12-22(13-11-21)31-30(35)29-23-6-2-4-8-26(23)36-27-9-5-3-7-24(27)29/h2-15,20,29H,16-19H2,1H3,(H,31,35). The number of para-hydroxylation sites is 2. The highest BCUT2D eigenvalue weighted by molar-refractivity contribution is 5.99. The van der Waals surface area contributed by atoms with Crippen LogP contribution in [0.4, 0.5) is 11.5 Å². The Hall–Kier alpha value is -4.19. The zero-order valence-electron chi connectivity index (χ0n) is 20.2. The first kappa shape index (κ1) is 22.3. The molecule has 0 unspecified atom stereocenters. The second-order valence-electron chi connectivity index (χ2n) is 9.62. The van der Waals surface area contributed by atoms with Crippen molar-refractivity contribution in [2.24, 2.45) is 5.92 Å². The summed E-state index contributed by atoms with van der Waals surface area (Å²) in [6, 6.07) is 27.2. The number of benzene rings is 3. The lowest BCUT2D eigenvalue weighted by molar-refractivity contribution is -0.116. The van der Waals surface area contributed by atoms with Gasteiger partial charge in [-0.3, -0.25) is 4.79 Å². The van der Waals surface area contributed by atoms with Gasteiger partial charge in [-0.1, -0.05) is 55.5 Å². The van der Waals surface area contributed by atoms with Gasteiger partial charge in [0.1, 0.15) is 11.5 Å². The zero-order valence-corrected chi connectivity index (χ0v) is 20.2. The smallest absolute Gasteiger partial charge is 0.236 e. The van der Waals surface area contributed by atoms with E-state index < -0.39 is 5.92 Å². The number of hydrogen-bond acceptors (Lipinski definition) is 5. The van der Waals surface area contributed by atoms with Crippen LogP contribution in [0, 0.1) is 5.92 Å². The minimum atomic E-state index is -0.443. The van der Waals surface area contributed by atoms with Crippen LogP contribution in [0.1, 0.15) is 36.8 Å². The second kappa shape index (κ2) is 9.46. The number of fused-ring (bicyclic) bond motifs is 2. The summed E-state index contributed by atoms with van der Waals surface area (Å²) in [6.07, 6.45) is 2.39. The number of nitrogens with zero attached hydrogens (tertiary/aromatic N) is 3. The van der Waals surface area contributed by atoms with E-state index in [-0.39, 0.29) is 5.91 Å². The van der Waals surface area contributed by atoms with Crippen LogP contribution >= 0.6 is 0 Å². The van der Waals surface area contributed by atoms with Gasteiger partial charge in [0, 0.05) is 35.5 Å². The number of ether oxygens (including phenoxy) is 1. The summed E-state index contributed by atoms with van der Waals surface area (Å²) in [6.45, 7) is 4.37. The molecule has 6 heteroatoms. The van der Waals surface area contributed by atoms with Crippen molar-refractivity contribution in [1.29, 1.82) is 0 Å². The van der Waals surface area contributed by atoms with Crippen molar-refractivity contribution in [3.63, 3.8) is 0 Å². The van der Waals surface area contributed by atoms with Gasteiger partial charge < -0.3 is 15.0 Å². The lowest BCUT2D eigenvalue weighted by atomic mass is 9.87. The minimum Gasteiger partial charge on any atom is -0.457 e. The molecule has 0 saturated carbocycles. The third kappa shape index (κ3) is 4.31. The number of nitrogens with one attached hydrogen (secondary N) is 1. The topological polar surface area (TPSA) is 67.4 Å². The number of carbonyl (C=O) groups excluding carboxylic acids is 1. The monoisotopic (exact) mass is 476 g/mol. The molecule has 2 aliphatic heterocycles. The first-order valence-electron chi connectivity index (χ1n) is 12.5. The Labute approximate surface area is 211 Å². The SMILES string of the molecule is CC1CCN(c2ccc(-c3ccc(NC(=O)C4c5ccccc5Oc5ccccc54)cc3)nn2)CC1. The molecule has 180 valence electrons. The summed E-state index contributed by atoms with van der Waals surface area (Å²) >= 11 is 0. The molecule has 1 fully saturated rings. The summed E-state index contributed by atoms with van der Waals surface area (Å²) in [5.41, 5.74) is 4.24. The quantitative estimate of drug-likeness (QED) is 0.377. The van der Waals surface area contributed by atoms with Gasteiger partial charge in [0.25, 0.3) is 0 Å². The molecule has 3 aromatic carbocycles. The molecule has 6 nitrogen and oxygen atoms in total. The predicted molar refractivity (Wildman–Crippen MR) is 142 cm³/mol. The molecule has 36 heavy (non-hydrogen) atoms. The van der Waals surface area contributed by atoms with Crippen LogP contribution in [0.5, 0.6) is 11.5 Å². The van der Waals surface area contributed by atoms with E-state index in [1.807, 2.05) is 84.9 Å². The number of carbonyl (C=O) groups is 1. The number of amides is 1. The van der Waals surface area contributed by atoms with Gasteiger partial charge in [-0.05, 0) is 55.2 Å². The average Bonchev–Trinajstić information content (AvgIpc) is 2.92. The van der Waals surface area contributed by atoms with Crippen LogP contribution in [-0.4, -0.2) is 29.2 Å². The molecule has 3 heterocycles. The van der Waals surface area contributed by atoms with Gasteiger partial charge in [-0.25, -0.2) is 0 Å². The molecule has 0 atom stereocenters. The fraction of sp³-hybridized carbons (Fsp3) is 0.233. The van der Waals surface area contributed by atoms with Crippen molar-refractivity contribution < 1.29 is 9.53 Å². The van der Waals surface area contributed by atoms with Gasteiger partial charge in [0.15, 0.2) is 5.82 Å². The van der Waals surface area contributed by atoms with E-state index in [1.165, 1.54) is 12.8 Å². The molecule has 0 spiro atoms. The Morgan fingerprint density at radius 2 is 1.47 bits per heavy atom. The van der Waals surface area contributed by atoms with Crippen LogP contribution in [0.15, 0.2) is 84.9 Å². The van der Waals surface area contributed by atoms with E-state index in [0.29, 0.717) is 11.5 Å². The maximum absolute atomic E-state index is 13.5. The van der Waals surface area contributed by atoms with E-state index in [9.17, 15) is 4.79 Å². The largest absolute Gasteiger partial charge is 0.457 e. The van der Waals surface area contributed by atoms with Gasteiger partial charge in [-0.2, -0.15) is 0 Å². The molecular weight excluding hydrogens is 448 g/mol. The highest BCUT2D eigenvalue weighted by Crippen LogP contribution is 2.44. The van der Waals surface area contributed by atoms with Crippen molar-refractivity contribution in [3.8, 4) is 22.8 Å². The zero-order chi connectivity index (χ0) is 24.5. The molecule has 6 rings (SSSR count). The van der Waals surface area contributed by atoms with Crippen molar-refractivity contribution >= 4 is 17.4 Å². The van der Waals surface area contributed by atoms with E-state index in [1.54, 1.807) is 0 Å². The number of aromatic nitrogens is 2. The predicted octanol–water partition coefficient (Wildman–Crippen LogP) is 6.26. The highest BCUT2D eigenvalue weighted by Gasteiger charge is 2.32. The maximum Gasteiger partial charge on any atom is 0.236 e. The van der Waals surface area contributed by atoms with Gasteiger partial charge in [0.05, 0.1) is 11.6 Å². The summed E-state index contributed by atoms with van der Waals surface area (Å²) in [5, 5.41) is 12.0. The van der Waals surface area contributed by atoms with Crippen LogP contribution in [0.25, 0.3) is 11.3 Å². The normalized spacial score (nSPS) is 15.5. The van der Waals surface area contributed by atoms with Crippen LogP contribution in [0.3, 0.4) is 0 Å². The summed E-state index contributed by atoms with van der Waals surface area (Å²) in [4.78, 5) is 15.8. The first-order valence-corrected chi connectivity index (χ1v) is 12.5.